The predicted octanol–water partition coefficient (Wildman–Crippen LogP) is 2.05. The smallest absolute Gasteiger partial charge is 0.109 e. The highest BCUT2D eigenvalue weighted by molar-refractivity contribution is 7.09. The van der Waals surface area contributed by atoms with Crippen LogP contribution in [0.25, 0.3) is 0 Å². The molecular weight excluding hydrogens is 206 g/mol. The molecule has 0 amide bonds. The molecule has 15 heavy (non-hydrogen) atoms. The summed E-state index contributed by atoms with van der Waals surface area (Å²) < 4.78 is 0. The lowest BCUT2D eigenvalue weighted by Crippen LogP contribution is -2.21. The summed E-state index contributed by atoms with van der Waals surface area (Å²) in [5.41, 5.74) is 7.45. The predicted molar refractivity (Wildman–Crippen MR) is 63.8 cm³/mol. The Bertz CT molecular complexity index is 328. The third-order valence-electron chi connectivity index (χ3n) is 2.92. The van der Waals surface area contributed by atoms with Gasteiger partial charge in [-0.2, -0.15) is 0 Å². The molecule has 1 aromatic rings. The van der Waals surface area contributed by atoms with E-state index in [-0.39, 0.29) is 6.04 Å². The van der Waals surface area contributed by atoms with Crippen LogP contribution in [0.1, 0.15) is 43.4 Å². The monoisotopic (exact) mass is 225 g/mol. The average molecular weight is 225 g/mol. The van der Waals surface area contributed by atoms with Crippen molar-refractivity contribution in [3.05, 3.63) is 16.1 Å². The van der Waals surface area contributed by atoms with Gasteiger partial charge in [0.2, 0.25) is 0 Å². The van der Waals surface area contributed by atoms with Crippen LogP contribution < -0.4 is 11.1 Å². The second-order valence-electron chi connectivity index (χ2n) is 4.88. The van der Waals surface area contributed by atoms with Crippen LogP contribution >= 0.6 is 11.3 Å². The average Bonchev–Trinajstić information content (AvgIpc) is 2.74. The van der Waals surface area contributed by atoms with E-state index in [0.717, 1.165) is 23.8 Å². The van der Waals surface area contributed by atoms with Crippen molar-refractivity contribution in [2.45, 2.75) is 39.3 Å². The van der Waals surface area contributed by atoms with Crippen LogP contribution in [-0.4, -0.2) is 11.5 Å². The Hall–Kier alpha value is -0.450. The first-order valence-electron chi connectivity index (χ1n) is 5.50. The summed E-state index contributed by atoms with van der Waals surface area (Å²) in [6.07, 6.45) is 2.73. The highest BCUT2D eigenvalue weighted by atomic mass is 32.1. The molecule has 4 heteroatoms. The van der Waals surface area contributed by atoms with Gasteiger partial charge in [-0.1, -0.05) is 6.92 Å². The molecule has 1 aliphatic rings. The summed E-state index contributed by atoms with van der Waals surface area (Å²) in [5, 5.41) is 6.59. The van der Waals surface area contributed by atoms with Crippen molar-refractivity contribution in [2.75, 3.05) is 6.54 Å². The molecule has 1 aliphatic carbocycles. The molecule has 3 nitrogen and oxygen atoms in total. The fourth-order valence-electron chi connectivity index (χ4n) is 1.50. The van der Waals surface area contributed by atoms with Crippen molar-refractivity contribution in [3.63, 3.8) is 0 Å². The minimum atomic E-state index is 0.0599. The van der Waals surface area contributed by atoms with E-state index < -0.39 is 0 Å². The zero-order valence-electron chi connectivity index (χ0n) is 9.42. The first-order chi connectivity index (χ1) is 7.09. The van der Waals surface area contributed by atoms with Crippen molar-refractivity contribution in [3.8, 4) is 0 Å². The zero-order chi connectivity index (χ0) is 10.9. The standard InChI is InChI=1S/C11H19N3S/c1-8(12)10-14-9(6-15-10)5-13-7-11(2)3-4-11/h6,8,13H,3-5,7,12H2,1-2H3. The van der Waals surface area contributed by atoms with Gasteiger partial charge in [-0.05, 0) is 25.2 Å². The van der Waals surface area contributed by atoms with E-state index >= 15 is 0 Å². The molecule has 1 atom stereocenters. The van der Waals surface area contributed by atoms with Crippen molar-refractivity contribution in [1.82, 2.24) is 10.3 Å². The molecule has 0 spiro atoms. The number of nitrogens with one attached hydrogen (secondary N) is 1. The Balaban J connectivity index is 1.78. The van der Waals surface area contributed by atoms with E-state index in [1.807, 2.05) is 6.92 Å². The topological polar surface area (TPSA) is 50.9 Å². The number of hydrogen-bond donors (Lipinski definition) is 2. The fraction of sp³-hybridized carbons (Fsp3) is 0.727. The van der Waals surface area contributed by atoms with Crippen molar-refractivity contribution in [1.29, 1.82) is 0 Å². The first kappa shape index (κ1) is 11.0. The van der Waals surface area contributed by atoms with Crippen LogP contribution in [0.3, 0.4) is 0 Å². The fourth-order valence-corrected chi connectivity index (χ4v) is 2.27. The summed E-state index contributed by atoms with van der Waals surface area (Å²) in [7, 11) is 0. The van der Waals surface area contributed by atoms with Crippen molar-refractivity contribution >= 4 is 11.3 Å². The normalized spacial score (nSPS) is 20.2. The molecule has 0 aliphatic heterocycles. The molecule has 1 aromatic heterocycles. The van der Waals surface area contributed by atoms with E-state index in [4.69, 9.17) is 5.73 Å². The first-order valence-corrected chi connectivity index (χ1v) is 6.38. The number of nitrogens with zero attached hydrogens (tertiary/aromatic N) is 1. The molecule has 1 fully saturated rings. The number of thiazole rings is 1. The molecule has 1 heterocycles. The molecule has 0 radical (unpaired) electrons. The van der Waals surface area contributed by atoms with E-state index in [0.29, 0.717) is 5.41 Å². The summed E-state index contributed by atoms with van der Waals surface area (Å²) in [6, 6.07) is 0.0599. The maximum absolute atomic E-state index is 5.76. The zero-order valence-corrected chi connectivity index (χ0v) is 10.2. The molecule has 0 saturated heterocycles. The number of hydrogen-bond acceptors (Lipinski definition) is 4. The van der Waals surface area contributed by atoms with E-state index in [2.05, 4.69) is 22.6 Å². The minimum absolute atomic E-state index is 0.0599. The minimum Gasteiger partial charge on any atom is -0.322 e. The largest absolute Gasteiger partial charge is 0.322 e. The lowest BCUT2D eigenvalue weighted by atomic mass is 10.1. The van der Waals surface area contributed by atoms with Gasteiger partial charge in [0.1, 0.15) is 5.01 Å². The van der Waals surface area contributed by atoms with Gasteiger partial charge in [-0.25, -0.2) is 4.98 Å². The maximum atomic E-state index is 5.76. The lowest BCUT2D eigenvalue weighted by Gasteiger charge is -2.08. The van der Waals surface area contributed by atoms with E-state index in [9.17, 15) is 0 Å². The van der Waals surface area contributed by atoms with Crippen LogP contribution in [0.4, 0.5) is 0 Å². The van der Waals surface area contributed by atoms with Gasteiger partial charge >= 0.3 is 0 Å². The quantitative estimate of drug-likeness (QED) is 0.806. The number of nitrogens with two attached hydrogens (primary N) is 1. The molecule has 2 rings (SSSR count). The van der Waals surface area contributed by atoms with Crippen LogP contribution in [0, 0.1) is 5.41 Å². The van der Waals surface area contributed by atoms with Crippen LogP contribution in [0.2, 0.25) is 0 Å². The number of rotatable bonds is 5. The maximum Gasteiger partial charge on any atom is 0.109 e. The molecule has 1 saturated carbocycles. The Morgan fingerprint density at radius 2 is 2.40 bits per heavy atom. The van der Waals surface area contributed by atoms with E-state index in [1.165, 1.54) is 12.8 Å². The van der Waals surface area contributed by atoms with Gasteiger partial charge in [0.15, 0.2) is 0 Å². The van der Waals surface area contributed by atoms with Crippen molar-refractivity contribution in [2.24, 2.45) is 11.1 Å². The molecule has 84 valence electrons. The van der Waals surface area contributed by atoms with Crippen molar-refractivity contribution < 1.29 is 0 Å². The molecular formula is C11H19N3S. The Labute approximate surface area is 95.1 Å². The highest BCUT2D eigenvalue weighted by Gasteiger charge is 2.36. The van der Waals surface area contributed by atoms with Gasteiger partial charge in [-0.15, -0.1) is 11.3 Å². The van der Waals surface area contributed by atoms with Gasteiger partial charge < -0.3 is 11.1 Å². The van der Waals surface area contributed by atoms with Gasteiger partial charge in [-0.3, -0.25) is 0 Å². The molecule has 0 aromatic carbocycles. The molecule has 1 unspecified atom stereocenters. The van der Waals surface area contributed by atoms with Crippen LogP contribution in [0.5, 0.6) is 0 Å². The Morgan fingerprint density at radius 3 is 2.93 bits per heavy atom. The Morgan fingerprint density at radius 1 is 1.67 bits per heavy atom. The second-order valence-corrected chi connectivity index (χ2v) is 5.77. The van der Waals surface area contributed by atoms with Gasteiger partial charge in [0.05, 0.1) is 11.7 Å². The van der Waals surface area contributed by atoms with Crippen LogP contribution in [-0.2, 0) is 6.54 Å². The van der Waals surface area contributed by atoms with E-state index in [1.54, 1.807) is 11.3 Å². The second kappa shape index (κ2) is 4.20. The Kier molecular flexibility index (Phi) is 3.09. The third kappa shape index (κ3) is 3.00. The summed E-state index contributed by atoms with van der Waals surface area (Å²) in [5.74, 6) is 0. The SMILES string of the molecule is CC(N)c1nc(CNCC2(C)CC2)cs1. The summed E-state index contributed by atoms with van der Waals surface area (Å²) in [6.45, 7) is 6.28. The van der Waals surface area contributed by atoms with Gasteiger partial charge in [0.25, 0.3) is 0 Å². The number of aromatic nitrogens is 1. The molecule has 0 bridgehead atoms. The van der Waals surface area contributed by atoms with Gasteiger partial charge in [0, 0.05) is 18.5 Å². The third-order valence-corrected chi connectivity index (χ3v) is 4.01. The lowest BCUT2D eigenvalue weighted by molar-refractivity contribution is 0.497. The molecule has 3 N–H and O–H groups in total. The highest BCUT2D eigenvalue weighted by Crippen LogP contribution is 2.44. The summed E-state index contributed by atoms with van der Waals surface area (Å²) in [4.78, 5) is 4.48. The summed E-state index contributed by atoms with van der Waals surface area (Å²) >= 11 is 1.66. The van der Waals surface area contributed by atoms with Crippen LogP contribution in [0.15, 0.2) is 5.38 Å².